The first kappa shape index (κ1) is 7.90. The summed E-state index contributed by atoms with van der Waals surface area (Å²) in [6.45, 7) is 1.41. The molecule has 0 unspecified atom stereocenters. The Morgan fingerprint density at radius 3 is 1.44 bits per heavy atom. The van der Waals surface area contributed by atoms with Crippen LogP contribution in [0.3, 0.4) is 0 Å². The Bertz CT molecular complexity index is 131. The maximum atomic E-state index is 6.86. The van der Waals surface area contributed by atoms with Crippen LogP contribution < -0.4 is 17.2 Å². The van der Waals surface area contributed by atoms with Gasteiger partial charge in [-0.3, -0.25) is 10.8 Å². The van der Waals surface area contributed by atoms with Crippen LogP contribution >= 0.6 is 0 Å². The Morgan fingerprint density at radius 1 is 1.22 bits per heavy atom. The molecule has 0 bridgehead atoms. The number of hydrogen-bond acceptors (Lipinski definition) is 3. The molecule has 0 aliphatic rings. The molecule has 0 rings (SSSR count). The Hall–Kier alpha value is -1.10. The Kier molecular flexibility index (Phi) is 1.77. The minimum Gasteiger partial charge on any atom is -0.386 e. The van der Waals surface area contributed by atoms with Crippen molar-refractivity contribution in [3.63, 3.8) is 0 Å². The van der Waals surface area contributed by atoms with Gasteiger partial charge in [-0.25, -0.2) is 0 Å². The van der Waals surface area contributed by atoms with E-state index in [1.165, 1.54) is 6.92 Å². The van der Waals surface area contributed by atoms with E-state index in [0.717, 1.165) is 0 Å². The van der Waals surface area contributed by atoms with E-state index in [-0.39, 0.29) is 11.7 Å². The van der Waals surface area contributed by atoms with Crippen LogP contribution in [-0.4, -0.2) is 17.2 Å². The van der Waals surface area contributed by atoms with Gasteiger partial charge in [-0.15, -0.1) is 0 Å². The summed E-state index contributed by atoms with van der Waals surface area (Å²) in [4.78, 5) is 0. The molecule has 9 heavy (non-hydrogen) atoms. The third-order valence-electron chi connectivity index (χ3n) is 1.12. The van der Waals surface area contributed by atoms with Gasteiger partial charge in [0.25, 0.3) is 0 Å². The molecule has 0 aromatic heterocycles. The second-order valence-electron chi connectivity index (χ2n) is 2.03. The second-order valence-corrected chi connectivity index (χ2v) is 2.03. The molecule has 0 aliphatic carbocycles. The largest absolute Gasteiger partial charge is 0.386 e. The van der Waals surface area contributed by atoms with E-state index in [2.05, 4.69) is 0 Å². The maximum absolute atomic E-state index is 6.86. The fourth-order valence-electron chi connectivity index (χ4n) is 0.145. The fourth-order valence-corrected chi connectivity index (χ4v) is 0.145. The Morgan fingerprint density at radius 2 is 1.44 bits per heavy atom. The van der Waals surface area contributed by atoms with Crippen molar-refractivity contribution in [1.82, 2.24) is 0 Å². The molecule has 0 radical (unpaired) electrons. The van der Waals surface area contributed by atoms with Crippen molar-refractivity contribution in [3.05, 3.63) is 0 Å². The molecule has 8 N–H and O–H groups in total. The highest BCUT2D eigenvalue weighted by molar-refractivity contribution is 6.10. The minimum atomic E-state index is -1.28. The molecule has 0 saturated heterocycles. The van der Waals surface area contributed by atoms with Crippen LogP contribution in [0.15, 0.2) is 0 Å². The molecule has 5 nitrogen and oxygen atoms in total. The topological polar surface area (TPSA) is 126 Å². The molecule has 0 amide bonds. The summed E-state index contributed by atoms with van der Waals surface area (Å²) in [6.07, 6.45) is 0. The summed E-state index contributed by atoms with van der Waals surface area (Å²) >= 11 is 0. The van der Waals surface area contributed by atoms with E-state index in [1.807, 2.05) is 0 Å². The normalized spacial score (nSPS) is 16.2. The van der Waals surface area contributed by atoms with Gasteiger partial charge in [0, 0.05) is 0 Å². The SMILES string of the molecule is CC(N)(C(=N)N)C(=N)N. The van der Waals surface area contributed by atoms with Crippen LogP contribution in [0.5, 0.6) is 0 Å². The second kappa shape index (κ2) is 2.02. The predicted octanol–water partition coefficient (Wildman–Crippen LogP) is -1.42. The quantitative estimate of drug-likeness (QED) is 0.232. The van der Waals surface area contributed by atoms with Gasteiger partial charge in [0.15, 0.2) is 0 Å². The zero-order valence-electron chi connectivity index (χ0n) is 5.23. The molecular formula is C4H11N5. The van der Waals surface area contributed by atoms with Gasteiger partial charge in [-0.2, -0.15) is 0 Å². The Balaban J connectivity index is 4.38. The van der Waals surface area contributed by atoms with Crippen molar-refractivity contribution in [1.29, 1.82) is 10.8 Å². The molecule has 0 heterocycles. The van der Waals surface area contributed by atoms with E-state index < -0.39 is 5.54 Å². The first-order valence-corrected chi connectivity index (χ1v) is 2.37. The van der Waals surface area contributed by atoms with Gasteiger partial charge in [0.1, 0.15) is 17.2 Å². The first-order chi connectivity index (χ1) is 3.89. The predicted molar refractivity (Wildman–Crippen MR) is 36.4 cm³/mol. The third kappa shape index (κ3) is 1.39. The van der Waals surface area contributed by atoms with Crippen molar-refractivity contribution >= 4 is 11.7 Å². The summed E-state index contributed by atoms with van der Waals surface area (Å²) in [5.41, 5.74) is 14.0. The van der Waals surface area contributed by atoms with Crippen LogP contribution in [0, 0.1) is 10.8 Å². The molecule has 0 aliphatic heterocycles. The van der Waals surface area contributed by atoms with Gasteiger partial charge in [-0.05, 0) is 6.92 Å². The smallest absolute Gasteiger partial charge is 0.128 e. The van der Waals surface area contributed by atoms with Gasteiger partial charge in [0.2, 0.25) is 0 Å². The average Bonchev–Trinajstić information content (AvgIpc) is 1.65. The molecule has 0 atom stereocenters. The van der Waals surface area contributed by atoms with Crippen LogP contribution in [0.4, 0.5) is 0 Å². The number of amidine groups is 2. The molecule has 0 aromatic rings. The van der Waals surface area contributed by atoms with Crippen molar-refractivity contribution < 1.29 is 0 Å². The zero-order chi connectivity index (χ0) is 7.65. The summed E-state index contributed by atoms with van der Waals surface area (Å²) in [5, 5.41) is 13.7. The Labute approximate surface area is 53.2 Å². The molecule has 0 fully saturated rings. The fraction of sp³-hybridized carbons (Fsp3) is 0.500. The summed E-state index contributed by atoms with van der Waals surface area (Å²) in [6, 6.07) is 0. The van der Waals surface area contributed by atoms with Crippen LogP contribution in [0.2, 0.25) is 0 Å². The highest BCUT2D eigenvalue weighted by Gasteiger charge is 2.25. The van der Waals surface area contributed by atoms with Crippen molar-refractivity contribution in [3.8, 4) is 0 Å². The van der Waals surface area contributed by atoms with E-state index in [0.29, 0.717) is 0 Å². The first-order valence-electron chi connectivity index (χ1n) is 2.37. The van der Waals surface area contributed by atoms with Gasteiger partial charge in [-0.1, -0.05) is 0 Å². The maximum Gasteiger partial charge on any atom is 0.128 e. The van der Waals surface area contributed by atoms with E-state index >= 15 is 0 Å². The van der Waals surface area contributed by atoms with E-state index in [1.54, 1.807) is 0 Å². The lowest BCUT2D eigenvalue weighted by Crippen LogP contribution is -2.58. The summed E-state index contributed by atoms with van der Waals surface area (Å²) < 4.78 is 0. The zero-order valence-corrected chi connectivity index (χ0v) is 5.23. The van der Waals surface area contributed by atoms with Crippen LogP contribution in [-0.2, 0) is 0 Å². The summed E-state index contributed by atoms with van der Waals surface area (Å²) in [5.74, 6) is -0.593. The van der Waals surface area contributed by atoms with E-state index in [4.69, 9.17) is 28.0 Å². The monoisotopic (exact) mass is 129 g/mol. The molecule has 5 heteroatoms. The molecule has 0 aromatic carbocycles. The lowest BCUT2D eigenvalue weighted by molar-refractivity contribution is 0.798. The standard InChI is InChI=1S/C4H11N5/c1-4(9,2(5)6)3(7)8/h9H2,1H3,(H3,5,6)(H3,7,8). The summed E-state index contributed by atoms with van der Waals surface area (Å²) in [7, 11) is 0. The van der Waals surface area contributed by atoms with Gasteiger partial charge in [0.05, 0.1) is 0 Å². The molecule has 0 saturated carbocycles. The van der Waals surface area contributed by atoms with E-state index in [9.17, 15) is 0 Å². The molecule has 52 valence electrons. The van der Waals surface area contributed by atoms with Crippen molar-refractivity contribution in [2.45, 2.75) is 12.5 Å². The van der Waals surface area contributed by atoms with Gasteiger partial charge >= 0.3 is 0 Å². The highest BCUT2D eigenvalue weighted by atomic mass is 14.9. The number of hydrogen-bond donors (Lipinski definition) is 5. The lowest BCUT2D eigenvalue weighted by Gasteiger charge is -2.20. The number of rotatable bonds is 2. The van der Waals surface area contributed by atoms with Crippen molar-refractivity contribution in [2.24, 2.45) is 17.2 Å². The third-order valence-corrected chi connectivity index (χ3v) is 1.12. The minimum absolute atomic E-state index is 0.296. The average molecular weight is 129 g/mol. The van der Waals surface area contributed by atoms with Crippen molar-refractivity contribution in [2.75, 3.05) is 0 Å². The molecular weight excluding hydrogens is 118 g/mol. The molecule has 0 spiro atoms. The van der Waals surface area contributed by atoms with Gasteiger partial charge < -0.3 is 17.2 Å². The number of nitrogens with one attached hydrogen (secondary N) is 2. The highest BCUT2D eigenvalue weighted by Crippen LogP contribution is 1.94. The lowest BCUT2D eigenvalue weighted by atomic mass is 10.0. The van der Waals surface area contributed by atoms with Crippen LogP contribution in [0.1, 0.15) is 6.92 Å². The number of nitrogens with two attached hydrogens (primary N) is 3. The van der Waals surface area contributed by atoms with Crippen LogP contribution in [0.25, 0.3) is 0 Å².